The van der Waals surface area contributed by atoms with Crippen molar-refractivity contribution in [3.63, 3.8) is 0 Å². The molecule has 3 nitrogen and oxygen atoms in total. The van der Waals surface area contributed by atoms with E-state index in [1.54, 1.807) is 18.2 Å². The number of unbranched alkanes of at least 4 members (excludes halogenated alkanes) is 1. The summed E-state index contributed by atoms with van der Waals surface area (Å²) >= 11 is 11.8. The molecule has 1 unspecified atom stereocenters. The van der Waals surface area contributed by atoms with E-state index < -0.39 is 6.10 Å². The maximum absolute atomic E-state index is 9.93. The molecule has 0 heterocycles. The number of hydrogen-bond donors (Lipinski definition) is 3. The average molecular weight is 278 g/mol. The number of aliphatic hydroxyl groups excluding tert-OH is 2. The van der Waals surface area contributed by atoms with Crippen LogP contribution in [-0.2, 0) is 0 Å². The van der Waals surface area contributed by atoms with Gasteiger partial charge in [-0.2, -0.15) is 0 Å². The molecule has 5 heteroatoms. The molecule has 0 aliphatic carbocycles. The predicted molar refractivity (Wildman–Crippen MR) is 70.6 cm³/mol. The maximum atomic E-state index is 9.93. The minimum absolute atomic E-state index is 0.199. The number of halogens is 2. The Bertz CT molecular complexity index is 347. The molecule has 1 atom stereocenters. The lowest BCUT2D eigenvalue weighted by Gasteiger charge is -2.14. The summed E-state index contributed by atoms with van der Waals surface area (Å²) < 4.78 is 0. The third-order valence-electron chi connectivity index (χ3n) is 2.42. The fourth-order valence-electron chi connectivity index (χ4n) is 1.48. The van der Waals surface area contributed by atoms with Crippen LogP contribution >= 0.6 is 23.2 Å². The number of nitrogens with one attached hydrogen (secondary N) is 1. The standard InChI is InChI=1S/C12H17Cl2NO2/c13-9-3-4-11(14)10(7-9)12(17)8-15-5-1-2-6-16/h3-4,7,12,15-17H,1-2,5-6,8H2. The van der Waals surface area contributed by atoms with Crippen molar-refractivity contribution in [2.45, 2.75) is 18.9 Å². The molecule has 0 spiro atoms. The Labute approximate surface area is 111 Å². The van der Waals surface area contributed by atoms with E-state index in [4.69, 9.17) is 28.3 Å². The highest BCUT2D eigenvalue weighted by Gasteiger charge is 2.11. The fourth-order valence-corrected chi connectivity index (χ4v) is 1.90. The quantitative estimate of drug-likeness (QED) is 0.671. The van der Waals surface area contributed by atoms with E-state index in [0.717, 1.165) is 19.4 Å². The summed E-state index contributed by atoms with van der Waals surface area (Å²) in [7, 11) is 0. The first-order valence-corrected chi connectivity index (χ1v) is 6.35. The van der Waals surface area contributed by atoms with Crippen LogP contribution in [0.25, 0.3) is 0 Å². The first kappa shape index (κ1) is 14.7. The van der Waals surface area contributed by atoms with Crippen LogP contribution in [-0.4, -0.2) is 29.9 Å². The van der Waals surface area contributed by atoms with Crippen LogP contribution in [0.5, 0.6) is 0 Å². The molecule has 0 amide bonds. The number of rotatable bonds is 7. The number of benzene rings is 1. The average Bonchev–Trinajstić information content (AvgIpc) is 2.32. The maximum Gasteiger partial charge on any atom is 0.0929 e. The number of hydrogen-bond acceptors (Lipinski definition) is 3. The highest BCUT2D eigenvalue weighted by Crippen LogP contribution is 2.25. The first-order chi connectivity index (χ1) is 8.15. The van der Waals surface area contributed by atoms with Gasteiger partial charge in [0.1, 0.15) is 0 Å². The molecule has 3 N–H and O–H groups in total. The van der Waals surface area contributed by atoms with Crippen molar-refractivity contribution in [1.82, 2.24) is 5.32 Å². The van der Waals surface area contributed by atoms with Gasteiger partial charge in [-0.15, -0.1) is 0 Å². The highest BCUT2D eigenvalue weighted by atomic mass is 35.5. The van der Waals surface area contributed by atoms with Gasteiger partial charge in [0.25, 0.3) is 0 Å². The molecule has 0 fully saturated rings. The van der Waals surface area contributed by atoms with Crippen LogP contribution in [0.2, 0.25) is 10.0 Å². The van der Waals surface area contributed by atoms with Crippen LogP contribution < -0.4 is 5.32 Å². The van der Waals surface area contributed by atoms with Crippen LogP contribution in [0.4, 0.5) is 0 Å². The molecular formula is C12H17Cl2NO2. The van der Waals surface area contributed by atoms with E-state index in [9.17, 15) is 5.11 Å². The Balaban J connectivity index is 2.41. The van der Waals surface area contributed by atoms with E-state index in [1.807, 2.05) is 0 Å². The second kappa shape index (κ2) is 7.90. The molecule has 0 aliphatic rings. The Morgan fingerprint density at radius 1 is 1.24 bits per heavy atom. The van der Waals surface area contributed by atoms with Gasteiger partial charge in [-0.25, -0.2) is 0 Å². The largest absolute Gasteiger partial charge is 0.396 e. The van der Waals surface area contributed by atoms with Crippen molar-refractivity contribution < 1.29 is 10.2 Å². The summed E-state index contributed by atoms with van der Waals surface area (Å²) in [5.41, 5.74) is 0.633. The molecule has 96 valence electrons. The third-order valence-corrected chi connectivity index (χ3v) is 3.00. The van der Waals surface area contributed by atoms with Crippen molar-refractivity contribution in [2.75, 3.05) is 19.7 Å². The lowest BCUT2D eigenvalue weighted by molar-refractivity contribution is 0.174. The molecule has 0 bridgehead atoms. The van der Waals surface area contributed by atoms with Crippen molar-refractivity contribution in [3.8, 4) is 0 Å². The van der Waals surface area contributed by atoms with Gasteiger partial charge in [0.15, 0.2) is 0 Å². The summed E-state index contributed by atoms with van der Waals surface area (Å²) in [4.78, 5) is 0. The number of aliphatic hydroxyl groups is 2. The normalized spacial score (nSPS) is 12.7. The van der Waals surface area contributed by atoms with Gasteiger partial charge < -0.3 is 15.5 Å². The van der Waals surface area contributed by atoms with Gasteiger partial charge in [0, 0.05) is 28.8 Å². The molecular weight excluding hydrogens is 261 g/mol. The van der Waals surface area contributed by atoms with Crippen molar-refractivity contribution >= 4 is 23.2 Å². The van der Waals surface area contributed by atoms with Gasteiger partial charge in [-0.3, -0.25) is 0 Å². The Morgan fingerprint density at radius 3 is 2.71 bits per heavy atom. The minimum atomic E-state index is -0.671. The van der Waals surface area contributed by atoms with E-state index in [-0.39, 0.29) is 6.61 Å². The van der Waals surface area contributed by atoms with E-state index in [0.29, 0.717) is 22.2 Å². The molecule has 0 aliphatic heterocycles. The summed E-state index contributed by atoms with van der Waals surface area (Å²) in [5.74, 6) is 0. The van der Waals surface area contributed by atoms with E-state index in [2.05, 4.69) is 5.32 Å². The zero-order chi connectivity index (χ0) is 12.7. The molecule has 1 aromatic rings. The zero-order valence-electron chi connectivity index (χ0n) is 9.50. The van der Waals surface area contributed by atoms with E-state index in [1.165, 1.54) is 0 Å². The lowest BCUT2D eigenvalue weighted by Crippen LogP contribution is -2.22. The van der Waals surface area contributed by atoms with Crippen LogP contribution in [0.15, 0.2) is 18.2 Å². The fraction of sp³-hybridized carbons (Fsp3) is 0.500. The Kier molecular flexibility index (Phi) is 6.85. The second-order valence-electron chi connectivity index (χ2n) is 3.82. The summed E-state index contributed by atoms with van der Waals surface area (Å²) in [6.45, 7) is 1.38. The molecule has 17 heavy (non-hydrogen) atoms. The first-order valence-electron chi connectivity index (χ1n) is 5.59. The van der Waals surface area contributed by atoms with Crippen molar-refractivity contribution in [3.05, 3.63) is 33.8 Å². The predicted octanol–water partition coefficient (Wildman–Crippen LogP) is 2.39. The molecule has 0 saturated heterocycles. The Morgan fingerprint density at radius 2 is 2.00 bits per heavy atom. The van der Waals surface area contributed by atoms with Gasteiger partial charge in [-0.05, 0) is 37.6 Å². The van der Waals surface area contributed by atoms with Crippen LogP contribution in [0.3, 0.4) is 0 Å². The highest BCUT2D eigenvalue weighted by molar-refractivity contribution is 6.33. The van der Waals surface area contributed by atoms with Gasteiger partial charge >= 0.3 is 0 Å². The van der Waals surface area contributed by atoms with Gasteiger partial charge in [0.05, 0.1) is 6.10 Å². The lowest BCUT2D eigenvalue weighted by atomic mass is 10.1. The molecule has 0 aromatic heterocycles. The summed E-state index contributed by atoms with van der Waals surface area (Å²) in [6.07, 6.45) is 0.975. The zero-order valence-corrected chi connectivity index (χ0v) is 11.0. The summed E-state index contributed by atoms with van der Waals surface area (Å²) in [6, 6.07) is 5.03. The van der Waals surface area contributed by atoms with E-state index >= 15 is 0 Å². The molecule has 0 saturated carbocycles. The minimum Gasteiger partial charge on any atom is -0.396 e. The third kappa shape index (κ3) is 5.23. The van der Waals surface area contributed by atoms with Crippen LogP contribution in [0, 0.1) is 0 Å². The Hall–Kier alpha value is -0.320. The molecule has 1 aromatic carbocycles. The van der Waals surface area contributed by atoms with Gasteiger partial charge in [0.2, 0.25) is 0 Å². The van der Waals surface area contributed by atoms with Crippen LogP contribution in [0.1, 0.15) is 24.5 Å². The molecule has 0 radical (unpaired) electrons. The second-order valence-corrected chi connectivity index (χ2v) is 4.66. The molecule has 1 rings (SSSR count). The van der Waals surface area contributed by atoms with Gasteiger partial charge in [-0.1, -0.05) is 23.2 Å². The smallest absolute Gasteiger partial charge is 0.0929 e. The topological polar surface area (TPSA) is 52.5 Å². The monoisotopic (exact) mass is 277 g/mol. The van der Waals surface area contributed by atoms with Crippen molar-refractivity contribution in [1.29, 1.82) is 0 Å². The van der Waals surface area contributed by atoms with Crippen molar-refractivity contribution in [2.24, 2.45) is 0 Å². The SMILES string of the molecule is OCCCCNCC(O)c1cc(Cl)ccc1Cl. The summed E-state index contributed by atoms with van der Waals surface area (Å²) in [5, 5.41) is 22.7.